The molecule has 0 aliphatic heterocycles. The van der Waals surface area contributed by atoms with Crippen LogP contribution in [0.15, 0.2) is 35.1 Å². The maximum Gasteiger partial charge on any atom is 0.275 e. The van der Waals surface area contributed by atoms with Crippen LogP contribution in [0.1, 0.15) is 43.0 Å². The normalized spacial score (nSPS) is 11.3. The Labute approximate surface area is 138 Å². The molecular weight excluding hydrogens is 310 g/mol. The van der Waals surface area contributed by atoms with Gasteiger partial charge in [-0.3, -0.25) is 4.79 Å². The minimum atomic E-state index is -0.167. The number of nitrogens with zero attached hydrogens (tertiary/aromatic N) is 3. The van der Waals surface area contributed by atoms with E-state index in [0.717, 1.165) is 17.2 Å². The van der Waals surface area contributed by atoms with E-state index in [1.54, 1.807) is 0 Å². The second-order valence-electron chi connectivity index (χ2n) is 5.64. The summed E-state index contributed by atoms with van der Waals surface area (Å²) in [6, 6.07) is 9.49. The molecule has 3 rings (SSSR count). The average Bonchev–Trinajstić information content (AvgIpc) is 2.97. The summed E-state index contributed by atoms with van der Waals surface area (Å²) in [4.78, 5) is 17.1. The number of aromatic nitrogens is 3. The summed E-state index contributed by atoms with van der Waals surface area (Å²) in [5.41, 5.74) is 1.72. The average molecular weight is 329 g/mol. The third-order valence-corrected chi connectivity index (χ3v) is 4.63. The molecule has 6 heteroatoms. The zero-order valence-corrected chi connectivity index (χ0v) is 14.3. The van der Waals surface area contributed by atoms with Gasteiger partial charge in [0.1, 0.15) is 17.4 Å². The van der Waals surface area contributed by atoms with Crippen LogP contribution in [0.5, 0.6) is 5.75 Å². The lowest BCUT2D eigenvalue weighted by molar-refractivity contribution is 0.301. The summed E-state index contributed by atoms with van der Waals surface area (Å²) in [5.74, 6) is 1.27. The van der Waals surface area contributed by atoms with Crippen molar-refractivity contribution in [3.63, 3.8) is 0 Å². The van der Waals surface area contributed by atoms with Crippen LogP contribution >= 0.6 is 11.3 Å². The molecule has 5 nitrogen and oxygen atoms in total. The summed E-state index contributed by atoms with van der Waals surface area (Å²) in [7, 11) is 0. The second kappa shape index (κ2) is 6.50. The molecule has 0 spiro atoms. The maximum atomic E-state index is 12.1. The molecule has 0 atom stereocenters. The molecule has 0 radical (unpaired) electrons. The topological polar surface area (TPSA) is 56.5 Å². The van der Waals surface area contributed by atoms with E-state index < -0.39 is 0 Å². The predicted octanol–water partition coefficient (Wildman–Crippen LogP) is 3.42. The van der Waals surface area contributed by atoms with Crippen molar-refractivity contribution in [3.8, 4) is 5.75 Å². The highest BCUT2D eigenvalue weighted by Crippen LogP contribution is 2.19. The minimum Gasteiger partial charge on any atom is -0.487 e. The van der Waals surface area contributed by atoms with Gasteiger partial charge in [0.2, 0.25) is 4.96 Å². The summed E-state index contributed by atoms with van der Waals surface area (Å²) in [6.07, 6.45) is 0.793. The number of fused-ring (bicyclic) bond motifs is 1. The van der Waals surface area contributed by atoms with Gasteiger partial charge in [-0.25, -0.2) is 4.98 Å². The van der Waals surface area contributed by atoms with Crippen LogP contribution in [0.3, 0.4) is 0 Å². The summed E-state index contributed by atoms with van der Waals surface area (Å²) < 4.78 is 7.09. The van der Waals surface area contributed by atoms with Crippen molar-refractivity contribution in [2.45, 2.75) is 39.7 Å². The van der Waals surface area contributed by atoms with Crippen molar-refractivity contribution in [1.29, 1.82) is 0 Å². The summed E-state index contributed by atoms with van der Waals surface area (Å²) >= 11 is 1.44. The third kappa shape index (κ3) is 3.42. The van der Waals surface area contributed by atoms with Crippen LogP contribution < -0.4 is 10.3 Å². The van der Waals surface area contributed by atoms with Crippen LogP contribution in [-0.2, 0) is 13.0 Å². The molecule has 0 fully saturated rings. The van der Waals surface area contributed by atoms with E-state index in [2.05, 4.69) is 36.1 Å². The fourth-order valence-electron chi connectivity index (χ4n) is 2.22. The lowest BCUT2D eigenvalue weighted by atomic mass is 10.0. The van der Waals surface area contributed by atoms with Crippen molar-refractivity contribution >= 4 is 16.3 Å². The van der Waals surface area contributed by atoms with Crippen LogP contribution in [0, 0.1) is 0 Å². The molecule has 3 aromatic rings. The number of aryl methyl sites for hydroxylation is 1. The fourth-order valence-corrected chi connectivity index (χ4v) is 3.08. The van der Waals surface area contributed by atoms with Gasteiger partial charge < -0.3 is 4.74 Å². The highest BCUT2D eigenvalue weighted by molar-refractivity contribution is 7.16. The number of hydrogen-bond donors (Lipinski definition) is 0. The van der Waals surface area contributed by atoms with Gasteiger partial charge in [0.15, 0.2) is 0 Å². The van der Waals surface area contributed by atoms with Crippen molar-refractivity contribution < 1.29 is 4.74 Å². The highest BCUT2D eigenvalue weighted by Gasteiger charge is 2.08. The Kier molecular flexibility index (Phi) is 4.43. The lowest BCUT2D eigenvalue weighted by Crippen LogP contribution is -2.16. The lowest BCUT2D eigenvalue weighted by Gasteiger charge is -2.08. The molecule has 2 heterocycles. The SMILES string of the molecule is CCc1nn2c(=O)cc(COc3ccc(C(C)C)cc3)nc2s1. The van der Waals surface area contributed by atoms with Crippen LogP contribution in [0.2, 0.25) is 0 Å². The Bertz CT molecular complexity index is 866. The smallest absolute Gasteiger partial charge is 0.275 e. The van der Waals surface area contributed by atoms with Gasteiger partial charge in [-0.2, -0.15) is 9.61 Å². The van der Waals surface area contributed by atoms with Gasteiger partial charge >= 0.3 is 0 Å². The number of hydrogen-bond acceptors (Lipinski definition) is 5. The molecule has 0 N–H and O–H groups in total. The molecule has 0 unspecified atom stereocenters. The molecular formula is C17H19N3O2S. The van der Waals surface area contributed by atoms with Crippen LogP contribution in [-0.4, -0.2) is 14.6 Å². The van der Waals surface area contributed by atoms with E-state index in [1.807, 2.05) is 19.1 Å². The predicted molar refractivity (Wildman–Crippen MR) is 91.4 cm³/mol. The van der Waals surface area contributed by atoms with E-state index in [9.17, 15) is 4.79 Å². The molecule has 2 aromatic heterocycles. The number of benzene rings is 1. The standard InChI is InChI=1S/C17H19N3O2S/c1-4-15-19-20-16(21)9-13(18-17(20)23-15)10-22-14-7-5-12(6-8-14)11(2)3/h5-9,11H,4,10H2,1-3H3. The molecule has 0 amide bonds. The molecule has 0 saturated carbocycles. The quantitative estimate of drug-likeness (QED) is 0.720. The van der Waals surface area contributed by atoms with Gasteiger partial charge in [0.05, 0.1) is 5.69 Å². The Morgan fingerprint density at radius 1 is 1.26 bits per heavy atom. The number of rotatable bonds is 5. The van der Waals surface area contributed by atoms with Gasteiger partial charge in [-0.1, -0.05) is 44.2 Å². The first-order valence-corrected chi connectivity index (χ1v) is 8.50. The van der Waals surface area contributed by atoms with E-state index in [0.29, 0.717) is 16.6 Å². The molecule has 0 saturated heterocycles. The minimum absolute atomic E-state index is 0.167. The van der Waals surface area contributed by atoms with Gasteiger partial charge in [-0.05, 0) is 30.0 Å². The maximum absolute atomic E-state index is 12.1. The zero-order valence-electron chi connectivity index (χ0n) is 13.4. The molecule has 23 heavy (non-hydrogen) atoms. The molecule has 120 valence electrons. The highest BCUT2D eigenvalue weighted by atomic mass is 32.1. The van der Waals surface area contributed by atoms with E-state index in [1.165, 1.54) is 27.5 Å². The van der Waals surface area contributed by atoms with Crippen molar-refractivity contribution in [2.75, 3.05) is 0 Å². The van der Waals surface area contributed by atoms with E-state index in [4.69, 9.17) is 4.74 Å². The third-order valence-electron chi connectivity index (χ3n) is 3.58. The Hall–Kier alpha value is -2.21. The van der Waals surface area contributed by atoms with Crippen molar-refractivity contribution in [2.24, 2.45) is 0 Å². The summed E-state index contributed by atoms with van der Waals surface area (Å²) in [6.45, 7) is 6.59. The molecule has 0 bridgehead atoms. The summed E-state index contributed by atoms with van der Waals surface area (Å²) in [5, 5.41) is 5.14. The van der Waals surface area contributed by atoms with Crippen LogP contribution in [0.25, 0.3) is 4.96 Å². The van der Waals surface area contributed by atoms with Crippen LogP contribution in [0.4, 0.5) is 0 Å². The first-order chi connectivity index (χ1) is 11.1. The Balaban J connectivity index is 1.77. The second-order valence-corrected chi connectivity index (χ2v) is 6.68. The molecule has 0 aliphatic carbocycles. The zero-order chi connectivity index (χ0) is 16.4. The van der Waals surface area contributed by atoms with Gasteiger partial charge in [-0.15, -0.1) is 0 Å². The Morgan fingerprint density at radius 2 is 2.00 bits per heavy atom. The van der Waals surface area contributed by atoms with Crippen molar-refractivity contribution in [3.05, 3.63) is 57.0 Å². The monoisotopic (exact) mass is 329 g/mol. The van der Waals surface area contributed by atoms with E-state index in [-0.39, 0.29) is 12.2 Å². The van der Waals surface area contributed by atoms with Gasteiger partial charge in [0, 0.05) is 6.07 Å². The first-order valence-electron chi connectivity index (χ1n) is 7.68. The Morgan fingerprint density at radius 3 is 2.65 bits per heavy atom. The van der Waals surface area contributed by atoms with Gasteiger partial charge in [0.25, 0.3) is 5.56 Å². The largest absolute Gasteiger partial charge is 0.487 e. The number of ether oxygens (including phenoxy) is 1. The fraction of sp³-hybridized carbons (Fsp3) is 0.353. The van der Waals surface area contributed by atoms with E-state index >= 15 is 0 Å². The molecule has 0 aliphatic rings. The van der Waals surface area contributed by atoms with Crippen molar-refractivity contribution in [1.82, 2.24) is 14.6 Å². The first kappa shape index (κ1) is 15.7. The molecule has 1 aromatic carbocycles.